The SMILES string of the molecule is Cc1ncc(C(CO)NCc2ccccc2)s1. The third-order valence-corrected chi connectivity index (χ3v) is 3.59. The van der Waals surface area contributed by atoms with Crippen LogP contribution in [0.1, 0.15) is 21.5 Å². The van der Waals surface area contributed by atoms with Crippen molar-refractivity contribution in [3.63, 3.8) is 0 Å². The number of aliphatic hydroxyl groups excluding tert-OH is 1. The van der Waals surface area contributed by atoms with Crippen LogP contribution < -0.4 is 5.32 Å². The van der Waals surface area contributed by atoms with Crippen molar-refractivity contribution >= 4 is 11.3 Å². The molecule has 2 aromatic rings. The zero-order valence-electron chi connectivity index (χ0n) is 9.76. The Bertz CT molecular complexity index is 455. The molecule has 2 rings (SSSR count). The van der Waals surface area contributed by atoms with Crippen LogP contribution in [-0.2, 0) is 6.54 Å². The molecule has 0 radical (unpaired) electrons. The highest BCUT2D eigenvalue weighted by Gasteiger charge is 2.12. The topological polar surface area (TPSA) is 45.2 Å². The Labute approximate surface area is 105 Å². The molecule has 1 unspecified atom stereocenters. The lowest BCUT2D eigenvalue weighted by Gasteiger charge is -2.14. The van der Waals surface area contributed by atoms with E-state index in [-0.39, 0.29) is 12.6 Å². The average Bonchev–Trinajstić information content (AvgIpc) is 2.78. The molecule has 0 saturated carbocycles. The highest BCUT2D eigenvalue weighted by Crippen LogP contribution is 2.20. The van der Waals surface area contributed by atoms with Gasteiger partial charge in [0.05, 0.1) is 17.7 Å². The van der Waals surface area contributed by atoms with Crippen molar-refractivity contribution in [3.05, 3.63) is 52.0 Å². The second-order valence-electron chi connectivity index (χ2n) is 3.88. The molecule has 4 heteroatoms. The maximum absolute atomic E-state index is 9.38. The van der Waals surface area contributed by atoms with E-state index in [2.05, 4.69) is 22.4 Å². The van der Waals surface area contributed by atoms with Gasteiger partial charge in [0, 0.05) is 17.6 Å². The first-order valence-electron chi connectivity index (χ1n) is 5.60. The van der Waals surface area contributed by atoms with Gasteiger partial charge in [-0.15, -0.1) is 11.3 Å². The number of benzene rings is 1. The van der Waals surface area contributed by atoms with Gasteiger partial charge in [-0.3, -0.25) is 0 Å². The molecule has 1 heterocycles. The lowest BCUT2D eigenvalue weighted by Crippen LogP contribution is -2.23. The summed E-state index contributed by atoms with van der Waals surface area (Å²) < 4.78 is 0. The van der Waals surface area contributed by atoms with E-state index in [1.807, 2.05) is 31.3 Å². The Morgan fingerprint density at radius 1 is 1.35 bits per heavy atom. The normalized spacial score (nSPS) is 12.6. The van der Waals surface area contributed by atoms with Gasteiger partial charge in [-0.05, 0) is 12.5 Å². The predicted molar refractivity (Wildman–Crippen MR) is 70.0 cm³/mol. The van der Waals surface area contributed by atoms with Gasteiger partial charge in [0.25, 0.3) is 0 Å². The number of aromatic nitrogens is 1. The van der Waals surface area contributed by atoms with Crippen molar-refractivity contribution in [2.24, 2.45) is 0 Å². The average molecular weight is 248 g/mol. The number of aliphatic hydroxyl groups is 1. The summed E-state index contributed by atoms with van der Waals surface area (Å²) in [6.45, 7) is 2.82. The first kappa shape index (κ1) is 12.2. The van der Waals surface area contributed by atoms with Crippen molar-refractivity contribution in [1.29, 1.82) is 0 Å². The van der Waals surface area contributed by atoms with Crippen molar-refractivity contribution in [2.75, 3.05) is 6.61 Å². The molecule has 0 bridgehead atoms. The fourth-order valence-corrected chi connectivity index (χ4v) is 2.48. The number of hydrogen-bond acceptors (Lipinski definition) is 4. The van der Waals surface area contributed by atoms with Crippen LogP contribution >= 0.6 is 11.3 Å². The Hall–Kier alpha value is -1.23. The fraction of sp³-hybridized carbons (Fsp3) is 0.308. The molecular formula is C13H16N2OS. The second-order valence-corrected chi connectivity index (χ2v) is 5.15. The van der Waals surface area contributed by atoms with Crippen LogP contribution in [-0.4, -0.2) is 16.7 Å². The van der Waals surface area contributed by atoms with Gasteiger partial charge < -0.3 is 10.4 Å². The fourth-order valence-electron chi connectivity index (χ4n) is 1.63. The third kappa shape index (κ3) is 3.36. The van der Waals surface area contributed by atoms with Crippen molar-refractivity contribution in [2.45, 2.75) is 19.5 Å². The van der Waals surface area contributed by atoms with Crippen LogP contribution in [0.15, 0.2) is 36.5 Å². The molecule has 2 N–H and O–H groups in total. The molecule has 1 aromatic carbocycles. The molecule has 0 fully saturated rings. The third-order valence-electron chi connectivity index (χ3n) is 2.56. The van der Waals surface area contributed by atoms with Crippen molar-refractivity contribution in [3.8, 4) is 0 Å². The quantitative estimate of drug-likeness (QED) is 0.853. The lowest BCUT2D eigenvalue weighted by molar-refractivity contribution is 0.245. The molecule has 0 saturated heterocycles. The van der Waals surface area contributed by atoms with E-state index in [0.29, 0.717) is 0 Å². The maximum atomic E-state index is 9.38. The smallest absolute Gasteiger partial charge is 0.0897 e. The molecule has 1 atom stereocenters. The van der Waals surface area contributed by atoms with Crippen LogP contribution in [0.4, 0.5) is 0 Å². The van der Waals surface area contributed by atoms with E-state index in [0.717, 1.165) is 16.4 Å². The minimum absolute atomic E-state index is 0.0265. The summed E-state index contributed by atoms with van der Waals surface area (Å²) >= 11 is 1.62. The first-order valence-corrected chi connectivity index (χ1v) is 6.41. The number of thiazole rings is 1. The van der Waals surface area contributed by atoms with Crippen LogP contribution in [0.5, 0.6) is 0 Å². The molecule has 0 aliphatic heterocycles. The van der Waals surface area contributed by atoms with Crippen LogP contribution in [0.25, 0.3) is 0 Å². The predicted octanol–water partition coefficient (Wildman–Crippen LogP) is 2.27. The molecular weight excluding hydrogens is 232 g/mol. The maximum Gasteiger partial charge on any atom is 0.0897 e. The summed E-state index contributed by atoms with van der Waals surface area (Å²) in [4.78, 5) is 5.29. The molecule has 17 heavy (non-hydrogen) atoms. The number of rotatable bonds is 5. The van der Waals surface area contributed by atoms with Crippen LogP contribution in [0.3, 0.4) is 0 Å². The minimum Gasteiger partial charge on any atom is -0.394 e. The van der Waals surface area contributed by atoms with E-state index in [1.54, 1.807) is 11.3 Å². The molecule has 90 valence electrons. The van der Waals surface area contributed by atoms with Gasteiger partial charge in [-0.2, -0.15) is 0 Å². The van der Waals surface area contributed by atoms with Crippen molar-refractivity contribution in [1.82, 2.24) is 10.3 Å². The molecule has 3 nitrogen and oxygen atoms in total. The second kappa shape index (κ2) is 5.91. The standard InChI is InChI=1S/C13H16N2OS/c1-10-14-8-13(17-10)12(9-16)15-7-11-5-3-2-4-6-11/h2-6,8,12,15-16H,7,9H2,1H3. The van der Waals surface area contributed by atoms with Crippen LogP contribution in [0, 0.1) is 6.92 Å². The zero-order chi connectivity index (χ0) is 12.1. The number of aryl methyl sites for hydroxylation is 1. The molecule has 0 spiro atoms. The number of hydrogen-bond donors (Lipinski definition) is 2. The summed E-state index contributed by atoms with van der Waals surface area (Å²) in [6.07, 6.45) is 1.83. The molecule has 1 aromatic heterocycles. The van der Waals surface area contributed by atoms with E-state index in [1.165, 1.54) is 5.56 Å². The lowest BCUT2D eigenvalue weighted by atomic mass is 10.2. The van der Waals surface area contributed by atoms with Gasteiger partial charge in [-0.1, -0.05) is 30.3 Å². The first-order chi connectivity index (χ1) is 8.29. The van der Waals surface area contributed by atoms with E-state index >= 15 is 0 Å². The van der Waals surface area contributed by atoms with E-state index in [4.69, 9.17) is 0 Å². The zero-order valence-corrected chi connectivity index (χ0v) is 10.6. The summed E-state index contributed by atoms with van der Waals surface area (Å²) in [5.74, 6) is 0. The van der Waals surface area contributed by atoms with Crippen molar-refractivity contribution < 1.29 is 5.11 Å². The van der Waals surface area contributed by atoms with Gasteiger partial charge in [-0.25, -0.2) is 4.98 Å². The Kier molecular flexibility index (Phi) is 4.25. The Morgan fingerprint density at radius 3 is 2.71 bits per heavy atom. The van der Waals surface area contributed by atoms with Gasteiger partial charge in [0.15, 0.2) is 0 Å². The van der Waals surface area contributed by atoms with E-state index in [9.17, 15) is 5.11 Å². The summed E-state index contributed by atoms with van der Waals surface area (Å²) in [5.41, 5.74) is 1.21. The summed E-state index contributed by atoms with van der Waals surface area (Å²) in [6, 6.07) is 10.1. The summed E-state index contributed by atoms with van der Waals surface area (Å²) in [7, 11) is 0. The van der Waals surface area contributed by atoms with Gasteiger partial charge in [0.2, 0.25) is 0 Å². The highest BCUT2D eigenvalue weighted by molar-refractivity contribution is 7.11. The summed E-state index contributed by atoms with van der Waals surface area (Å²) in [5, 5.41) is 13.7. The van der Waals surface area contributed by atoms with Gasteiger partial charge >= 0.3 is 0 Å². The largest absolute Gasteiger partial charge is 0.394 e. The van der Waals surface area contributed by atoms with Crippen LogP contribution in [0.2, 0.25) is 0 Å². The molecule has 0 aliphatic rings. The Balaban J connectivity index is 1.97. The molecule has 0 amide bonds. The number of nitrogens with zero attached hydrogens (tertiary/aromatic N) is 1. The Morgan fingerprint density at radius 2 is 2.12 bits per heavy atom. The molecule has 0 aliphatic carbocycles. The number of nitrogens with one attached hydrogen (secondary N) is 1. The monoisotopic (exact) mass is 248 g/mol. The highest BCUT2D eigenvalue weighted by atomic mass is 32.1. The van der Waals surface area contributed by atoms with Gasteiger partial charge in [0.1, 0.15) is 0 Å². The van der Waals surface area contributed by atoms with E-state index < -0.39 is 0 Å². The minimum atomic E-state index is -0.0265.